The van der Waals surface area contributed by atoms with Crippen molar-refractivity contribution in [2.75, 3.05) is 6.54 Å². The molecule has 0 unspecified atom stereocenters. The molecule has 0 spiro atoms. The number of carbonyl (C=O) groups excluding carboxylic acids is 1. The number of amides is 1. The normalized spacial score (nSPS) is 16.9. The van der Waals surface area contributed by atoms with E-state index in [1.165, 1.54) is 43.9 Å². The zero-order chi connectivity index (χ0) is 15.8. The average Bonchev–Trinajstić information content (AvgIpc) is 2.99. The summed E-state index contributed by atoms with van der Waals surface area (Å²) in [6, 6.07) is 0. The van der Waals surface area contributed by atoms with Gasteiger partial charge in [0, 0.05) is 6.42 Å². The van der Waals surface area contributed by atoms with Crippen LogP contribution in [0.2, 0.25) is 0 Å². The molecule has 0 saturated heterocycles. The van der Waals surface area contributed by atoms with E-state index in [0.717, 1.165) is 18.8 Å². The van der Waals surface area contributed by atoms with Crippen molar-refractivity contribution in [1.82, 2.24) is 15.5 Å². The number of terminal acetylenes is 1. The second kappa shape index (κ2) is 8.84. The van der Waals surface area contributed by atoms with Crippen molar-refractivity contribution in [3.05, 3.63) is 5.89 Å². The number of nitrogens with one attached hydrogen (secondary N) is 1. The fraction of sp³-hybridized carbons (Fsp3) is 0.688. The molecule has 2 rings (SSSR count). The van der Waals surface area contributed by atoms with Gasteiger partial charge in [-0.3, -0.25) is 4.79 Å². The largest absolute Gasteiger partial charge is 0.416 e. The van der Waals surface area contributed by atoms with E-state index in [0.29, 0.717) is 11.1 Å². The maximum atomic E-state index is 11.7. The molecular weight excluding hydrogens is 298 g/mol. The van der Waals surface area contributed by atoms with E-state index in [1.54, 1.807) is 6.92 Å². The number of hydrogen-bond acceptors (Lipinski definition) is 5. The number of carbonyl (C=O) groups is 1. The monoisotopic (exact) mass is 321 g/mol. The van der Waals surface area contributed by atoms with Gasteiger partial charge in [0.05, 0.1) is 11.8 Å². The highest BCUT2D eigenvalue weighted by Gasteiger charge is 2.19. The third-order valence-corrected chi connectivity index (χ3v) is 4.89. The molecule has 1 saturated carbocycles. The first-order valence-corrected chi connectivity index (χ1v) is 8.77. The van der Waals surface area contributed by atoms with Crippen LogP contribution in [0.1, 0.15) is 51.3 Å². The zero-order valence-corrected chi connectivity index (χ0v) is 13.8. The Morgan fingerprint density at radius 1 is 1.45 bits per heavy atom. The van der Waals surface area contributed by atoms with Gasteiger partial charge in [0.25, 0.3) is 5.22 Å². The highest BCUT2D eigenvalue weighted by molar-refractivity contribution is 8.00. The number of thioether (sulfide) groups is 1. The van der Waals surface area contributed by atoms with Crippen molar-refractivity contribution in [1.29, 1.82) is 0 Å². The topological polar surface area (TPSA) is 68.0 Å². The fourth-order valence-electron chi connectivity index (χ4n) is 2.68. The SMILES string of the molecule is C#CCNC(=O)[C@@H](C)Sc1nnc(CCC2CCCCC2)o1. The predicted molar refractivity (Wildman–Crippen MR) is 86.4 cm³/mol. The van der Waals surface area contributed by atoms with Crippen molar-refractivity contribution >= 4 is 17.7 Å². The summed E-state index contributed by atoms with van der Waals surface area (Å²) in [4.78, 5) is 11.7. The second-order valence-electron chi connectivity index (χ2n) is 5.69. The minimum absolute atomic E-state index is 0.120. The number of hydrogen-bond donors (Lipinski definition) is 1. The van der Waals surface area contributed by atoms with Crippen LogP contribution >= 0.6 is 11.8 Å². The molecule has 0 aliphatic heterocycles. The summed E-state index contributed by atoms with van der Waals surface area (Å²) in [7, 11) is 0. The fourth-order valence-corrected chi connectivity index (χ4v) is 3.40. The molecule has 0 aromatic carbocycles. The quantitative estimate of drug-likeness (QED) is 0.618. The lowest BCUT2D eigenvalue weighted by Gasteiger charge is -2.20. The summed E-state index contributed by atoms with van der Waals surface area (Å²) in [6.07, 6.45) is 13.8. The molecule has 0 bridgehead atoms. The standard InChI is InChI=1S/C16H23N3O2S/c1-3-11-17-15(20)12(2)22-16-19-18-14(21-16)10-9-13-7-5-4-6-8-13/h1,12-13H,4-11H2,2H3,(H,17,20)/t12-/m1/s1. The van der Waals surface area contributed by atoms with Crippen LogP contribution in [-0.2, 0) is 11.2 Å². The van der Waals surface area contributed by atoms with Gasteiger partial charge in [0.2, 0.25) is 11.8 Å². The molecule has 0 radical (unpaired) electrons. The third-order valence-electron chi connectivity index (χ3n) is 3.95. The maximum absolute atomic E-state index is 11.7. The first-order chi connectivity index (χ1) is 10.7. The van der Waals surface area contributed by atoms with Crippen LogP contribution in [-0.4, -0.2) is 27.9 Å². The summed E-state index contributed by atoms with van der Waals surface area (Å²) in [5.74, 6) is 3.72. The van der Waals surface area contributed by atoms with Crippen LogP contribution in [0, 0.1) is 18.3 Å². The Bertz CT molecular complexity index is 518. The molecule has 1 aliphatic rings. The Hall–Kier alpha value is -1.48. The molecule has 1 aromatic rings. The Balaban J connectivity index is 1.75. The molecule has 1 heterocycles. The number of rotatable bonds is 7. The minimum atomic E-state index is -0.306. The Labute approximate surface area is 136 Å². The highest BCUT2D eigenvalue weighted by atomic mass is 32.2. The Morgan fingerprint density at radius 3 is 2.95 bits per heavy atom. The van der Waals surface area contributed by atoms with Gasteiger partial charge in [-0.25, -0.2) is 0 Å². The summed E-state index contributed by atoms with van der Waals surface area (Å²) < 4.78 is 5.62. The van der Waals surface area contributed by atoms with E-state index in [4.69, 9.17) is 10.8 Å². The Morgan fingerprint density at radius 2 is 2.23 bits per heavy atom. The number of aryl methyl sites for hydroxylation is 1. The lowest BCUT2D eigenvalue weighted by molar-refractivity contribution is -0.120. The summed E-state index contributed by atoms with van der Waals surface area (Å²) in [5, 5.41) is 10.9. The van der Waals surface area contributed by atoms with Crippen molar-refractivity contribution in [2.45, 2.75) is 62.3 Å². The first kappa shape index (κ1) is 16.9. The average molecular weight is 321 g/mol. The van der Waals surface area contributed by atoms with Gasteiger partial charge in [-0.2, -0.15) is 0 Å². The summed E-state index contributed by atoms with van der Waals surface area (Å²) in [6.45, 7) is 2.03. The molecule has 1 aliphatic carbocycles. The molecule has 1 fully saturated rings. The van der Waals surface area contributed by atoms with Crippen LogP contribution in [0.25, 0.3) is 0 Å². The molecular formula is C16H23N3O2S. The molecule has 1 atom stereocenters. The lowest BCUT2D eigenvalue weighted by Crippen LogP contribution is -2.31. The van der Waals surface area contributed by atoms with Gasteiger partial charge < -0.3 is 9.73 Å². The van der Waals surface area contributed by atoms with E-state index in [1.807, 2.05) is 0 Å². The van der Waals surface area contributed by atoms with E-state index in [-0.39, 0.29) is 17.7 Å². The zero-order valence-electron chi connectivity index (χ0n) is 13.0. The highest BCUT2D eigenvalue weighted by Crippen LogP contribution is 2.28. The van der Waals surface area contributed by atoms with Crippen LogP contribution in [0.15, 0.2) is 9.64 Å². The molecule has 1 aromatic heterocycles. The number of nitrogens with zero attached hydrogens (tertiary/aromatic N) is 2. The van der Waals surface area contributed by atoms with Gasteiger partial charge in [-0.1, -0.05) is 49.8 Å². The summed E-state index contributed by atoms with van der Waals surface area (Å²) in [5.41, 5.74) is 0. The van der Waals surface area contributed by atoms with Crippen LogP contribution < -0.4 is 5.32 Å². The van der Waals surface area contributed by atoms with E-state index >= 15 is 0 Å². The van der Waals surface area contributed by atoms with Gasteiger partial charge in [0.15, 0.2) is 0 Å². The van der Waals surface area contributed by atoms with Crippen LogP contribution in [0.5, 0.6) is 0 Å². The van der Waals surface area contributed by atoms with Gasteiger partial charge in [-0.05, 0) is 19.3 Å². The van der Waals surface area contributed by atoms with Gasteiger partial charge in [0.1, 0.15) is 0 Å². The van der Waals surface area contributed by atoms with Gasteiger partial charge in [-0.15, -0.1) is 16.6 Å². The second-order valence-corrected chi connectivity index (χ2v) is 6.98. The summed E-state index contributed by atoms with van der Waals surface area (Å²) >= 11 is 1.26. The Kier molecular flexibility index (Phi) is 6.78. The van der Waals surface area contributed by atoms with Gasteiger partial charge >= 0.3 is 0 Å². The van der Waals surface area contributed by atoms with E-state index in [9.17, 15) is 4.79 Å². The molecule has 5 nitrogen and oxygen atoms in total. The van der Waals surface area contributed by atoms with Crippen molar-refractivity contribution in [2.24, 2.45) is 5.92 Å². The smallest absolute Gasteiger partial charge is 0.277 e. The van der Waals surface area contributed by atoms with Crippen LogP contribution in [0.3, 0.4) is 0 Å². The first-order valence-electron chi connectivity index (χ1n) is 7.89. The lowest BCUT2D eigenvalue weighted by atomic mass is 9.86. The van der Waals surface area contributed by atoms with Crippen molar-refractivity contribution in [3.8, 4) is 12.3 Å². The molecule has 120 valence electrons. The molecule has 1 amide bonds. The minimum Gasteiger partial charge on any atom is -0.416 e. The third kappa shape index (κ3) is 5.38. The molecule has 6 heteroatoms. The maximum Gasteiger partial charge on any atom is 0.277 e. The van der Waals surface area contributed by atoms with E-state index in [2.05, 4.69) is 21.4 Å². The van der Waals surface area contributed by atoms with Crippen molar-refractivity contribution in [3.63, 3.8) is 0 Å². The predicted octanol–water partition coefficient (Wildman–Crippen LogP) is 2.81. The van der Waals surface area contributed by atoms with E-state index < -0.39 is 0 Å². The number of aromatic nitrogens is 2. The molecule has 22 heavy (non-hydrogen) atoms. The van der Waals surface area contributed by atoms with Crippen molar-refractivity contribution < 1.29 is 9.21 Å². The molecule has 1 N–H and O–H groups in total. The van der Waals surface area contributed by atoms with Crippen LogP contribution in [0.4, 0.5) is 0 Å².